The largest absolute Gasteiger partial charge is 0.481 e. The van der Waals surface area contributed by atoms with Crippen molar-refractivity contribution in [1.82, 2.24) is 4.98 Å². The number of hydrogen-bond donors (Lipinski definition) is 2. The molecule has 0 aliphatic rings. The van der Waals surface area contributed by atoms with Crippen LogP contribution in [0, 0.1) is 0 Å². The molecule has 1 heterocycles. The smallest absolute Gasteiger partial charge is 0.303 e. The second-order valence-corrected chi connectivity index (χ2v) is 11.6. The molecule has 0 amide bonds. The Morgan fingerprint density at radius 2 is 1.62 bits per heavy atom. The molecular weight excluding hydrogens is 488 g/mol. The van der Waals surface area contributed by atoms with Crippen molar-refractivity contribution in [2.24, 2.45) is 0 Å². The number of carbonyl (C=O) groups is 1. The predicted octanol–water partition coefficient (Wildman–Crippen LogP) is 6.07. The molecule has 1 atom stereocenters. The van der Waals surface area contributed by atoms with Crippen molar-refractivity contribution < 1.29 is 18.3 Å². The number of carboxylic acids is 1. The van der Waals surface area contributed by atoms with Gasteiger partial charge >= 0.3 is 5.97 Å². The van der Waals surface area contributed by atoms with E-state index < -0.39 is 21.7 Å². The lowest BCUT2D eigenvalue weighted by molar-refractivity contribution is -0.137. The molecule has 0 aliphatic heterocycles. The van der Waals surface area contributed by atoms with Crippen LogP contribution >= 0.6 is 23.1 Å². The summed E-state index contributed by atoms with van der Waals surface area (Å²) in [5, 5.41) is 15.2. The first-order chi connectivity index (χ1) is 16.4. The number of sulfone groups is 1. The lowest BCUT2D eigenvalue weighted by Crippen LogP contribution is -2.18. The molecule has 0 saturated carbocycles. The number of aliphatic carboxylic acids is 1. The van der Waals surface area contributed by atoms with Gasteiger partial charge in [-0.05, 0) is 54.1 Å². The van der Waals surface area contributed by atoms with Gasteiger partial charge in [0.25, 0.3) is 0 Å². The highest BCUT2D eigenvalue weighted by Crippen LogP contribution is 2.31. The summed E-state index contributed by atoms with van der Waals surface area (Å²) in [7, 11) is -3.66. The fraction of sp³-hybridized carbons (Fsp3) is 0.120. The van der Waals surface area contributed by atoms with E-state index in [-0.39, 0.29) is 17.1 Å². The summed E-state index contributed by atoms with van der Waals surface area (Å²) < 4.78 is 26.0. The highest BCUT2D eigenvalue weighted by Gasteiger charge is 2.24. The van der Waals surface area contributed by atoms with Crippen molar-refractivity contribution in [3.63, 3.8) is 0 Å². The van der Waals surface area contributed by atoms with Gasteiger partial charge in [-0.15, -0.1) is 11.3 Å². The van der Waals surface area contributed by atoms with Crippen molar-refractivity contribution in [2.45, 2.75) is 27.0 Å². The topological polar surface area (TPSA) is 96.4 Å². The van der Waals surface area contributed by atoms with Gasteiger partial charge in [0.2, 0.25) is 0 Å². The maximum Gasteiger partial charge on any atom is 0.303 e. The molecule has 3 aromatic carbocycles. The first-order valence-electron chi connectivity index (χ1n) is 10.4. The Kier molecular flexibility index (Phi) is 7.66. The third-order valence-electron chi connectivity index (χ3n) is 5.07. The lowest BCUT2D eigenvalue weighted by Gasteiger charge is -2.16. The minimum Gasteiger partial charge on any atom is -0.481 e. The average molecular weight is 511 g/mol. The predicted molar refractivity (Wildman–Crippen MR) is 136 cm³/mol. The molecule has 0 spiro atoms. The maximum absolute atomic E-state index is 13.0. The summed E-state index contributed by atoms with van der Waals surface area (Å²) in [6.45, 7) is 0. The van der Waals surface area contributed by atoms with Crippen LogP contribution in [0.25, 0.3) is 0 Å². The summed E-state index contributed by atoms with van der Waals surface area (Å²) in [6, 6.07) is 23.5. The van der Waals surface area contributed by atoms with Crippen molar-refractivity contribution in [2.75, 3.05) is 11.1 Å². The number of aromatic nitrogens is 1. The van der Waals surface area contributed by atoms with Crippen LogP contribution in [0.3, 0.4) is 0 Å². The van der Waals surface area contributed by atoms with Crippen LogP contribution in [-0.2, 0) is 14.6 Å². The number of anilines is 2. The van der Waals surface area contributed by atoms with Crippen molar-refractivity contribution in [1.29, 1.82) is 0 Å². The molecule has 0 radical (unpaired) electrons. The van der Waals surface area contributed by atoms with E-state index in [0.717, 1.165) is 20.6 Å². The van der Waals surface area contributed by atoms with Crippen LogP contribution in [0.2, 0.25) is 0 Å². The molecule has 2 N–H and O–H groups in total. The van der Waals surface area contributed by atoms with Crippen LogP contribution in [0.15, 0.2) is 105 Å². The lowest BCUT2D eigenvalue weighted by atomic mass is 9.98. The maximum atomic E-state index is 13.0. The fourth-order valence-corrected chi connectivity index (χ4v) is 6.38. The first-order valence-corrected chi connectivity index (χ1v) is 13.8. The second kappa shape index (κ2) is 10.9. The van der Waals surface area contributed by atoms with E-state index in [0.29, 0.717) is 5.56 Å². The van der Waals surface area contributed by atoms with Gasteiger partial charge in [0, 0.05) is 33.0 Å². The molecule has 6 nitrogen and oxygen atoms in total. The van der Waals surface area contributed by atoms with E-state index in [1.165, 1.54) is 23.1 Å². The van der Waals surface area contributed by atoms with Crippen LogP contribution in [-0.4, -0.2) is 30.2 Å². The Labute approximate surface area is 206 Å². The Morgan fingerprint density at radius 3 is 2.21 bits per heavy atom. The monoisotopic (exact) mass is 510 g/mol. The Hall–Kier alpha value is -3.14. The molecule has 0 aliphatic carbocycles. The molecule has 1 aromatic heterocycles. The minimum absolute atomic E-state index is 0.186. The van der Waals surface area contributed by atoms with E-state index in [9.17, 15) is 18.3 Å². The summed E-state index contributed by atoms with van der Waals surface area (Å²) in [6.07, 6.45) is 1.50. The Bertz CT molecular complexity index is 1320. The van der Waals surface area contributed by atoms with E-state index >= 15 is 0 Å². The number of carboxylic acid groups (broad SMARTS) is 1. The summed E-state index contributed by atoms with van der Waals surface area (Å²) in [5.74, 6) is -1.90. The first kappa shape index (κ1) is 24.0. The molecule has 9 heteroatoms. The van der Waals surface area contributed by atoms with E-state index in [2.05, 4.69) is 10.3 Å². The van der Waals surface area contributed by atoms with Crippen molar-refractivity contribution >= 4 is 49.7 Å². The molecule has 34 heavy (non-hydrogen) atoms. The average Bonchev–Trinajstić information content (AvgIpc) is 3.34. The molecule has 0 fully saturated rings. The Morgan fingerprint density at radius 1 is 0.971 bits per heavy atom. The van der Waals surface area contributed by atoms with Crippen LogP contribution < -0.4 is 5.32 Å². The number of nitrogens with zero attached hydrogens (tertiary/aromatic N) is 1. The van der Waals surface area contributed by atoms with E-state index in [1.807, 2.05) is 35.7 Å². The summed E-state index contributed by atoms with van der Waals surface area (Å²) in [5.41, 5.74) is 1.64. The quantitative estimate of drug-likeness (QED) is 0.267. The number of benzene rings is 3. The Balaban J connectivity index is 1.43. The van der Waals surface area contributed by atoms with Crippen molar-refractivity contribution in [3.05, 3.63) is 96.0 Å². The van der Waals surface area contributed by atoms with E-state index in [1.54, 1.807) is 54.7 Å². The van der Waals surface area contributed by atoms with E-state index in [4.69, 9.17) is 0 Å². The SMILES string of the molecule is O=C(O)CC(CS(=O)(=O)c1ccc(Sc2ccc(Nc3nccs3)cc2)cc1)c1ccccc1. The zero-order chi connectivity index (χ0) is 24.0. The van der Waals surface area contributed by atoms with Gasteiger partial charge in [-0.3, -0.25) is 4.79 Å². The van der Waals surface area contributed by atoms with Crippen LogP contribution in [0.5, 0.6) is 0 Å². The van der Waals surface area contributed by atoms with Gasteiger partial charge in [0.15, 0.2) is 15.0 Å². The molecule has 174 valence electrons. The minimum atomic E-state index is -3.66. The molecular formula is C25H22N2O4S3. The second-order valence-electron chi connectivity index (χ2n) is 7.55. The molecule has 4 rings (SSSR count). The summed E-state index contributed by atoms with van der Waals surface area (Å²) in [4.78, 5) is 17.6. The highest BCUT2D eigenvalue weighted by molar-refractivity contribution is 7.99. The molecule has 0 saturated heterocycles. The summed E-state index contributed by atoms with van der Waals surface area (Å²) >= 11 is 3.06. The normalized spacial score (nSPS) is 12.2. The van der Waals surface area contributed by atoms with Crippen LogP contribution in [0.1, 0.15) is 17.9 Å². The highest BCUT2D eigenvalue weighted by atomic mass is 32.2. The third-order valence-corrected chi connectivity index (χ3v) is 8.60. The van der Waals surface area contributed by atoms with Crippen LogP contribution in [0.4, 0.5) is 10.8 Å². The van der Waals surface area contributed by atoms with Gasteiger partial charge in [-0.2, -0.15) is 0 Å². The zero-order valence-corrected chi connectivity index (χ0v) is 20.4. The van der Waals surface area contributed by atoms with Gasteiger partial charge in [-0.25, -0.2) is 13.4 Å². The van der Waals surface area contributed by atoms with Gasteiger partial charge in [-0.1, -0.05) is 42.1 Å². The van der Waals surface area contributed by atoms with Gasteiger partial charge in [0.05, 0.1) is 17.1 Å². The van der Waals surface area contributed by atoms with Gasteiger partial charge < -0.3 is 10.4 Å². The third kappa shape index (κ3) is 6.47. The molecule has 0 bridgehead atoms. The standard InChI is InChI=1S/C25H22N2O4S3/c28-24(29)16-19(18-4-2-1-3-5-18)17-34(30,31)23-12-10-22(11-13-23)33-21-8-6-20(7-9-21)27-25-26-14-15-32-25/h1-15,19H,16-17H2,(H,26,27)(H,28,29). The molecule has 4 aromatic rings. The van der Waals surface area contributed by atoms with Crippen molar-refractivity contribution in [3.8, 4) is 0 Å². The number of hydrogen-bond acceptors (Lipinski definition) is 7. The zero-order valence-electron chi connectivity index (χ0n) is 18.0. The van der Waals surface area contributed by atoms with Gasteiger partial charge in [0.1, 0.15) is 0 Å². The number of rotatable bonds is 10. The number of nitrogens with one attached hydrogen (secondary N) is 1. The fourth-order valence-electron chi connectivity index (χ4n) is 3.44. The molecule has 1 unspecified atom stereocenters. The number of thiazole rings is 1.